The molecule has 0 aliphatic rings. The lowest BCUT2D eigenvalue weighted by Gasteiger charge is -1.95. The first-order valence-corrected chi connectivity index (χ1v) is 3.98. The quantitative estimate of drug-likeness (QED) is 0.780. The Morgan fingerprint density at radius 3 is 2.93 bits per heavy atom. The molecule has 0 radical (unpaired) electrons. The summed E-state index contributed by atoms with van der Waals surface area (Å²) in [6, 6.07) is 3.26. The van der Waals surface area contributed by atoms with Gasteiger partial charge < -0.3 is 9.52 Å². The van der Waals surface area contributed by atoms with Crippen LogP contribution in [0.5, 0.6) is 0 Å². The average Bonchev–Trinajstić information content (AvgIpc) is 2.71. The summed E-state index contributed by atoms with van der Waals surface area (Å²) in [7, 11) is 1.78. The normalized spacial score (nSPS) is 10.4. The number of aromatic nitrogens is 2. The molecule has 14 heavy (non-hydrogen) atoms. The molecular formula is C9H8N2O3. The van der Waals surface area contributed by atoms with E-state index >= 15 is 0 Å². The molecule has 0 unspecified atom stereocenters. The molecule has 5 nitrogen and oxygen atoms in total. The predicted molar refractivity (Wildman–Crippen MR) is 47.9 cm³/mol. The molecule has 2 heterocycles. The largest absolute Gasteiger partial charge is 0.475 e. The van der Waals surface area contributed by atoms with E-state index in [0.29, 0.717) is 5.56 Å². The fraction of sp³-hybridized carbons (Fsp3) is 0.111. The van der Waals surface area contributed by atoms with E-state index in [1.807, 2.05) is 0 Å². The lowest BCUT2D eigenvalue weighted by molar-refractivity contribution is 0.0662. The number of carboxylic acid groups (broad SMARTS) is 1. The number of rotatable bonds is 2. The third kappa shape index (κ3) is 1.28. The van der Waals surface area contributed by atoms with Gasteiger partial charge in [-0.05, 0) is 6.07 Å². The van der Waals surface area contributed by atoms with E-state index in [0.717, 1.165) is 5.69 Å². The van der Waals surface area contributed by atoms with Gasteiger partial charge in [0.2, 0.25) is 5.76 Å². The number of hydrogen-bond acceptors (Lipinski definition) is 3. The van der Waals surface area contributed by atoms with Crippen LogP contribution >= 0.6 is 0 Å². The van der Waals surface area contributed by atoms with Gasteiger partial charge in [-0.25, -0.2) is 4.79 Å². The Hall–Kier alpha value is -2.04. The third-order valence-electron chi connectivity index (χ3n) is 1.93. The summed E-state index contributed by atoms with van der Waals surface area (Å²) >= 11 is 0. The highest BCUT2D eigenvalue weighted by atomic mass is 16.4. The lowest BCUT2D eigenvalue weighted by atomic mass is 10.2. The minimum absolute atomic E-state index is 0.0683. The van der Waals surface area contributed by atoms with Crippen LogP contribution in [0.4, 0.5) is 0 Å². The molecule has 0 saturated heterocycles. The van der Waals surface area contributed by atoms with Crippen LogP contribution < -0.4 is 0 Å². The summed E-state index contributed by atoms with van der Waals surface area (Å²) in [5, 5.41) is 12.6. The van der Waals surface area contributed by atoms with Gasteiger partial charge in [-0.3, -0.25) is 4.68 Å². The topological polar surface area (TPSA) is 68.3 Å². The van der Waals surface area contributed by atoms with Gasteiger partial charge in [-0.15, -0.1) is 0 Å². The second-order valence-corrected chi connectivity index (χ2v) is 2.84. The summed E-state index contributed by atoms with van der Waals surface area (Å²) in [5.74, 6) is -1.14. The second-order valence-electron chi connectivity index (χ2n) is 2.84. The molecule has 2 aromatic heterocycles. The molecule has 2 aromatic rings. The maximum Gasteiger partial charge on any atom is 0.371 e. The van der Waals surface area contributed by atoms with Crippen LogP contribution in [0, 0.1) is 0 Å². The Morgan fingerprint density at radius 2 is 2.43 bits per heavy atom. The van der Waals surface area contributed by atoms with E-state index in [-0.39, 0.29) is 5.76 Å². The van der Waals surface area contributed by atoms with E-state index in [1.165, 1.54) is 12.3 Å². The predicted octanol–water partition coefficient (Wildman–Crippen LogP) is 1.38. The Labute approximate surface area is 79.6 Å². The molecule has 0 spiro atoms. The summed E-state index contributed by atoms with van der Waals surface area (Å²) in [5.41, 5.74) is 1.53. The molecule has 72 valence electrons. The van der Waals surface area contributed by atoms with Crippen LogP contribution in [0.3, 0.4) is 0 Å². The molecule has 0 bridgehead atoms. The SMILES string of the molecule is Cn1nccc1-c1coc(C(=O)O)c1. The first-order chi connectivity index (χ1) is 6.68. The number of hydrogen-bond donors (Lipinski definition) is 1. The number of aryl methyl sites for hydroxylation is 1. The van der Waals surface area contributed by atoms with Gasteiger partial charge in [0.25, 0.3) is 0 Å². The van der Waals surface area contributed by atoms with Crippen LogP contribution in [0.25, 0.3) is 11.3 Å². The maximum absolute atomic E-state index is 10.6. The molecule has 0 aliphatic heterocycles. The Bertz CT molecular complexity index is 470. The number of furan rings is 1. The van der Waals surface area contributed by atoms with E-state index in [1.54, 1.807) is 24.0 Å². The zero-order valence-electron chi connectivity index (χ0n) is 7.47. The number of nitrogens with zero attached hydrogens (tertiary/aromatic N) is 2. The number of aromatic carboxylic acids is 1. The van der Waals surface area contributed by atoms with Crippen LogP contribution in [-0.4, -0.2) is 20.9 Å². The first-order valence-electron chi connectivity index (χ1n) is 3.98. The van der Waals surface area contributed by atoms with Crippen LogP contribution in [0.1, 0.15) is 10.6 Å². The smallest absolute Gasteiger partial charge is 0.371 e. The van der Waals surface area contributed by atoms with Gasteiger partial charge in [0.15, 0.2) is 0 Å². The van der Waals surface area contributed by atoms with Gasteiger partial charge in [-0.1, -0.05) is 0 Å². The monoisotopic (exact) mass is 192 g/mol. The zero-order valence-corrected chi connectivity index (χ0v) is 7.47. The minimum atomic E-state index is -1.07. The van der Waals surface area contributed by atoms with Gasteiger partial charge >= 0.3 is 5.97 Å². The molecule has 0 fully saturated rings. The second kappa shape index (κ2) is 3.02. The van der Waals surface area contributed by atoms with Crippen LogP contribution in [0.2, 0.25) is 0 Å². The fourth-order valence-electron chi connectivity index (χ4n) is 1.24. The van der Waals surface area contributed by atoms with Crippen molar-refractivity contribution in [3.05, 3.63) is 30.4 Å². The molecule has 0 atom stereocenters. The highest BCUT2D eigenvalue weighted by Crippen LogP contribution is 2.20. The van der Waals surface area contributed by atoms with Crippen LogP contribution in [-0.2, 0) is 7.05 Å². The Kier molecular flexibility index (Phi) is 1.85. The third-order valence-corrected chi connectivity index (χ3v) is 1.93. The van der Waals surface area contributed by atoms with Gasteiger partial charge in [0.1, 0.15) is 6.26 Å². The van der Waals surface area contributed by atoms with E-state index in [2.05, 4.69) is 5.10 Å². The Balaban J connectivity index is 2.43. The van der Waals surface area contributed by atoms with Crippen molar-refractivity contribution >= 4 is 5.97 Å². The molecule has 5 heteroatoms. The average molecular weight is 192 g/mol. The molecule has 1 N–H and O–H groups in total. The van der Waals surface area contributed by atoms with E-state index in [4.69, 9.17) is 9.52 Å². The van der Waals surface area contributed by atoms with Crippen molar-refractivity contribution in [2.45, 2.75) is 0 Å². The minimum Gasteiger partial charge on any atom is -0.475 e. The molecule has 2 rings (SSSR count). The van der Waals surface area contributed by atoms with Crippen LogP contribution in [0.15, 0.2) is 29.0 Å². The van der Waals surface area contributed by atoms with Crippen molar-refractivity contribution in [2.24, 2.45) is 7.05 Å². The van der Waals surface area contributed by atoms with E-state index in [9.17, 15) is 4.79 Å². The summed E-state index contributed by atoms with van der Waals surface area (Å²) in [6.07, 6.45) is 3.04. The number of carbonyl (C=O) groups is 1. The molecule has 0 saturated carbocycles. The molecule has 0 aromatic carbocycles. The van der Waals surface area contributed by atoms with Crippen molar-refractivity contribution in [2.75, 3.05) is 0 Å². The molecule has 0 amide bonds. The van der Waals surface area contributed by atoms with Gasteiger partial charge in [-0.2, -0.15) is 5.10 Å². The van der Waals surface area contributed by atoms with Crippen molar-refractivity contribution < 1.29 is 14.3 Å². The molecule has 0 aliphatic carbocycles. The standard InChI is InChI=1S/C9H8N2O3/c1-11-7(2-3-10-11)6-4-8(9(12)13)14-5-6/h2-5H,1H3,(H,12,13). The highest BCUT2D eigenvalue weighted by molar-refractivity contribution is 5.86. The van der Waals surface area contributed by atoms with Gasteiger partial charge in [0, 0.05) is 24.9 Å². The zero-order chi connectivity index (χ0) is 10.1. The molecular weight excluding hydrogens is 184 g/mol. The van der Waals surface area contributed by atoms with Crippen molar-refractivity contribution in [1.29, 1.82) is 0 Å². The lowest BCUT2D eigenvalue weighted by Crippen LogP contribution is -1.93. The maximum atomic E-state index is 10.6. The Morgan fingerprint density at radius 1 is 1.64 bits per heavy atom. The summed E-state index contributed by atoms with van der Waals surface area (Å²) in [4.78, 5) is 10.6. The van der Waals surface area contributed by atoms with Crippen molar-refractivity contribution in [3.63, 3.8) is 0 Å². The highest BCUT2D eigenvalue weighted by Gasteiger charge is 2.11. The number of carboxylic acids is 1. The first kappa shape index (κ1) is 8.55. The van der Waals surface area contributed by atoms with Crippen molar-refractivity contribution in [3.8, 4) is 11.3 Å². The summed E-state index contributed by atoms with van der Waals surface area (Å²) in [6.45, 7) is 0. The summed E-state index contributed by atoms with van der Waals surface area (Å²) < 4.78 is 6.51. The van der Waals surface area contributed by atoms with E-state index < -0.39 is 5.97 Å². The fourth-order valence-corrected chi connectivity index (χ4v) is 1.24. The van der Waals surface area contributed by atoms with Crippen molar-refractivity contribution in [1.82, 2.24) is 9.78 Å². The van der Waals surface area contributed by atoms with Gasteiger partial charge in [0.05, 0.1) is 5.69 Å².